The largest absolute Gasteiger partial charge is 0.492 e. The van der Waals surface area contributed by atoms with Crippen molar-refractivity contribution in [1.82, 2.24) is 9.88 Å². The zero-order chi connectivity index (χ0) is 20.1. The molecule has 0 bridgehead atoms. The zero-order valence-electron chi connectivity index (χ0n) is 17.3. The van der Waals surface area contributed by atoms with Crippen molar-refractivity contribution in [2.45, 2.75) is 51.0 Å². The van der Waals surface area contributed by atoms with Crippen LogP contribution in [0.15, 0.2) is 42.7 Å². The van der Waals surface area contributed by atoms with Crippen molar-refractivity contribution in [1.29, 1.82) is 0 Å². The van der Waals surface area contributed by atoms with Gasteiger partial charge in [0, 0.05) is 37.2 Å². The number of likely N-dealkylation sites (N-methyl/N-ethyl adjacent to an activating group) is 1. The molecule has 1 aliphatic heterocycles. The van der Waals surface area contributed by atoms with Gasteiger partial charge in [-0.25, -0.2) is 0 Å². The van der Waals surface area contributed by atoms with Crippen molar-refractivity contribution in [3.8, 4) is 5.75 Å². The smallest absolute Gasteiger partial charge is 0.259 e. The predicted molar refractivity (Wildman–Crippen MR) is 116 cm³/mol. The Morgan fingerprint density at radius 2 is 2.07 bits per heavy atom. The van der Waals surface area contributed by atoms with Gasteiger partial charge in [-0.1, -0.05) is 19.3 Å². The standard InChI is InChI=1S/C24H31N3O2/c1-26(21-9-3-2-4-10-21)15-16-29-22-11-12-23-19(17-22)8-6-14-27(23)24(28)20-7-5-13-25-18-20/h5,7,11-13,17-18,21H,2-4,6,8-10,14-16H2,1H3. The van der Waals surface area contributed by atoms with E-state index in [0.717, 1.165) is 37.4 Å². The molecule has 1 fully saturated rings. The molecule has 29 heavy (non-hydrogen) atoms. The fourth-order valence-corrected chi connectivity index (χ4v) is 4.53. The van der Waals surface area contributed by atoms with Crippen molar-refractivity contribution in [3.63, 3.8) is 0 Å². The highest BCUT2D eigenvalue weighted by molar-refractivity contribution is 6.06. The summed E-state index contributed by atoms with van der Waals surface area (Å²) in [6.45, 7) is 2.39. The highest BCUT2D eigenvalue weighted by Crippen LogP contribution is 2.31. The Balaban J connectivity index is 1.37. The van der Waals surface area contributed by atoms with Gasteiger partial charge in [0.05, 0.1) is 5.56 Å². The van der Waals surface area contributed by atoms with E-state index < -0.39 is 0 Å². The highest BCUT2D eigenvalue weighted by atomic mass is 16.5. The van der Waals surface area contributed by atoms with Crippen LogP contribution in [0.5, 0.6) is 5.75 Å². The second-order valence-electron chi connectivity index (χ2n) is 8.21. The zero-order valence-corrected chi connectivity index (χ0v) is 17.3. The number of hydrogen-bond acceptors (Lipinski definition) is 4. The van der Waals surface area contributed by atoms with Crippen LogP contribution in [-0.2, 0) is 6.42 Å². The molecule has 2 heterocycles. The number of carbonyl (C=O) groups excluding carboxylic acids is 1. The van der Waals surface area contributed by atoms with E-state index in [2.05, 4.69) is 23.0 Å². The topological polar surface area (TPSA) is 45.7 Å². The van der Waals surface area contributed by atoms with Crippen molar-refractivity contribution < 1.29 is 9.53 Å². The van der Waals surface area contributed by atoms with Crippen LogP contribution in [0, 0.1) is 0 Å². The summed E-state index contributed by atoms with van der Waals surface area (Å²) < 4.78 is 6.06. The maximum absolute atomic E-state index is 12.9. The number of aryl methyl sites for hydroxylation is 1. The van der Waals surface area contributed by atoms with Crippen LogP contribution in [0.4, 0.5) is 5.69 Å². The number of pyridine rings is 1. The molecule has 2 aromatic rings. The number of nitrogens with zero attached hydrogens (tertiary/aromatic N) is 3. The minimum Gasteiger partial charge on any atom is -0.492 e. The van der Waals surface area contributed by atoms with Crippen LogP contribution in [0.2, 0.25) is 0 Å². The summed E-state index contributed by atoms with van der Waals surface area (Å²) in [6, 6.07) is 10.5. The van der Waals surface area contributed by atoms with Gasteiger partial charge in [-0.2, -0.15) is 0 Å². The molecule has 154 valence electrons. The molecule has 5 heteroatoms. The number of hydrogen-bond donors (Lipinski definition) is 0. The van der Waals surface area contributed by atoms with Gasteiger partial charge in [-0.3, -0.25) is 9.78 Å². The Bertz CT molecular complexity index is 818. The SMILES string of the molecule is CN(CCOc1ccc2c(c1)CCCN2C(=O)c1cccnc1)C1CCCCC1. The van der Waals surface area contributed by atoms with Crippen LogP contribution in [-0.4, -0.2) is 48.6 Å². The first-order valence-electron chi connectivity index (χ1n) is 10.9. The van der Waals surface area contributed by atoms with Gasteiger partial charge in [0.1, 0.15) is 12.4 Å². The Kier molecular flexibility index (Phi) is 6.45. The van der Waals surface area contributed by atoms with Crippen molar-refractivity contribution in [2.24, 2.45) is 0 Å². The molecule has 1 aliphatic carbocycles. The number of anilines is 1. The van der Waals surface area contributed by atoms with Crippen molar-refractivity contribution >= 4 is 11.6 Å². The third kappa shape index (κ3) is 4.78. The Morgan fingerprint density at radius 3 is 2.86 bits per heavy atom. The molecule has 0 unspecified atom stereocenters. The predicted octanol–water partition coefficient (Wildman–Crippen LogP) is 4.32. The van der Waals surface area contributed by atoms with Crippen molar-refractivity contribution in [2.75, 3.05) is 31.6 Å². The molecular weight excluding hydrogens is 362 g/mol. The van der Waals surface area contributed by atoms with Crippen LogP contribution >= 0.6 is 0 Å². The lowest BCUT2D eigenvalue weighted by Crippen LogP contribution is -2.36. The van der Waals surface area contributed by atoms with Crippen LogP contribution in [0.25, 0.3) is 0 Å². The molecule has 1 amide bonds. The second-order valence-corrected chi connectivity index (χ2v) is 8.21. The molecule has 0 N–H and O–H groups in total. The summed E-state index contributed by atoms with van der Waals surface area (Å²) in [7, 11) is 2.22. The first-order chi connectivity index (χ1) is 14.2. The number of aromatic nitrogens is 1. The maximum atomic E-state index is 12.9. The van der Waals surface area contributed by atoms with E-state index in [-0.39, 0.29) is 5.91 Å². The average molecular weight is 394 g/mol. The van der Waals surface area contributed by atoms with Gasteiger partial charge in [0.25, 0.3) is 5.91 Å². The molecule has 0 atom stereocenters. The number of benzene rings is 1. The first-order valence-corrected chi connectivity index (χ1v) is 10.9. The third-order valence-electron chi connectivity index (χ3n) is 6.23. The minimum absolute atomic E-state index is 0.0156. The van der Waals surface area contributed by atoms with Gasteiger partial charge in [0.2, 0.25) is 0 Å². The first kappa shape index (κ1) is 19.9. The van der Waals surface area contributed by atoms with Crippen molar-refractivity contribution in [3.05, 3.63) is 53.9 Å². The van der Waals surface area contributed by atoms with Gasteiger partial charge < -0.3 is 14.5 Å². The van der Waals surface area contributed by atoms with E-state index in [9.17, 15) is 4.79 Å². The number of rotatable bonds is 6. The summed E-state index contributed by atoms with van der Waals surface area (Å²) in [5, 5.41) is 0. The van der Waals surface area contributed by atoms with Crippen LogP contribution < -0.4 is 9.64 Å². The molecule has 0 spiro atoms. The summed E-state index contributed by atoms with van der Waals surface area (Å²) in [5.74, 6) is 0.915. The van der Waals surface area contributed by atoms with Gasteiger partial charge >= 0.3 is 0 Å². The van der Waals surface area contributed by atoms with Crippen LogP contribution in [0.3, 0.4) is 0 Å². The van der Waals surface area contributed by atoms with Gasteiger partial charge in [-0.05, 0) is 68.6 Å². The highest BCUT2D eigenvalue weighted by Gasteiger charge is 2.24. The number of amides is 1. The molecule has 0 radical (unpaired) electrons. The summed E-state index contributed by atoms with van der Waals surface area (Å²) in [6.07, 6.45) is 12.0. The quantitative estimate of drug-likeness (QED) is 0.733. The average Bonchev–Trinajstić information content (AvgIpc) is 2.79. The minimum atomic E-state index is 0.0156. The molecule has 1 aromatic carbocycles. The fraction of sp³-hybridized carbons (Fsp3) is 0.500. The summed E-state index contributed by atoms with van der Waals surface area (Å²) >= 11 is 0. The second kappa shape index (κ2) is 9.40. The summed E-state index contributed by atoms with van der Waals surface area (Å²) in [4.78, 5) is 21.3. The van der Waals surface area contributed by atoms with E-state index in [1.165, 1.54) is 37.7 Å². The molecule has 4 rings (SSSR count). The Labute approximate surface area is 173 Å². The van der Waals surface area contributed by atoms with E-state index in [4.69, 9.17) is 4.74 Å². The Morgan fingerprint density at radius 1 is 1.21 bits per heavy atom. The lowest BCUT2D eigenvalue weighted by atomic mass is 9.94. The summed E-state index contributed by atoms with van der Waals surface area (Å²) in [5.41, 5.74) is 2.81. The lowest BCUT2D eigenvalue weighted by molar-refractivity contribution is 0.0984. The van der Waals surface area contributed by atoms with E-state index >= 15 is 0 Å². The molecule has 1 saturated carbocycles. The molecule has 1 aromatic heterocycles. The number of ether oxygens (including phenoxy) is 1. The Hall–Kier alpha value is -2.40. The number of carbonyl (C=O) groups is 1. The normalized spacial score (nSPS) is 17.2. The third-order valence-corrected chi connectivity index (χ3v) is 6.23. The molecule has 0 saturated heterocycles. The van der Waals surface area contributed by atoms with Crippen LogP contribution in [0.1, 0.15) is 54.4 Å². The molecule has 2 aliphatic rings. The van der Waals surface area contributed by atoms with E-state index in [1.807, 2.05) is 23.1 Å². The van der Waals surface area contributed by atoms with Gasteiger partial charge in [0.15, 0.2) is 0 Å². The lowest BCUT2D eigenvalue weighted by Gasteiger charge is -2.31. The maximum Gasteiger partial charge on any atom is 0.259 e. The van der Waals surface area contributed by atoms with E-state index in [1.54, 1.807) is 18.5 Å². The van der Waals surface area contributed by atoms with E-state index in [0.29, 0.717) is 18.2 Å². The number of fused-ring (bicyclic) bond motifs is 1. The molecular formula is C24H31N3O2. The monoisotopic (exact) mass is 393 g/mol. The van der Waals surface area contributed by atoms with Gasteiger partial charge in [-0.15, -0.1) is 0 Å². The molecule has 5 nitrogen and oxygen atoms in total. The fourth-order valence-electron chi connectivity index (χ4n) is 4.53.